The Labute approximate surface area is 104 Å². The monoisotopic (exact) mass is 246 g/mol. The van der Waals surface area contributed by atoms with E-state index in [1.807, 2.05) is 0 Å². The summed E-state index contributed by atoms with van der Waals surface area (Å²) in [7, 11) is 0. The van der Waals surface area contributed by atoms with Crippen LogP contribution in [-0.2, 0) is 4.74 Å². The van der Waals surface area contributed by atoms with Gasteiger partial charge in [0, 0.05) is 12.8 Å². The Morgan fingerprint density at radius 3 is 2.29 bits per heavy atom. The number of unbranched alkanes of at least 4 members (excludes halogenated alkanes) is 1. The van der Waals surface area contributed by atoms with Crippen LogP contribution in [0.5, 0.6) is 0 Å². The van der Waals surface area contributed by atoms with Crippen molar-refractivity contribution < 1.29 is 9.22 Å². The molecule has 1 rings (SSSR count). The van der Waals surface area contributed by atoms with E-state index in [4.69, 9.17) is 14.9 Å². The quantitative estimate of drug-likeness (QED) is 0.300. The van der Waals surface area contributed by atoms with E-state index in [0.717, 1.165) is 25.1 Å². The van der Waals surface area contributed by atoms with Gasteiger partial charge in [-0.2, -0.15) is 0 Å². The molecule has 1 heterocycles. The molecule has 0 spiro atoms. The molecule has 0 aliphatic carbocycles. The van der Waals surface area contributed by atoms with Gasteiger partial charge in [-0.3, -0.25) is 0 Å². The van der Waals surface area contributed by atoms with Gasteiger partial charge in [-0.05, 0) is 12.8 Å². The lowest BCUT2D eigenvalue weighted by Crippen LogP contribution is -2.47. The van der Waals surface area contributed by atoms with Crippen LogP contribution in [0.25, 0.3) is 0 Å². The lowest BCUT2D eigenvalue weighted by Gasteiger charge is -2.33. The zero-order chi connectivity index (χ0) is 13.0. The number of hydrogen-bond donors (Lipinski definition) is 0. The number of ether oxygens (including phenoxy) is 1. The summed E-state index contributed by atoms with van der Waals surface area (Å²) in [5, 5.41) is 9.00. The third-order valence-corrected chi connectivity index (χ3v) is 3.21. The number of hydrogen-bond acceptors (Lipinski definition) is 4. The average molecular weight is 246 g/mol. The smallest absolute Gasteiger partial charge is 0.183 e. The second-order valence-electron chi connectivity index (χ2n) is 4.69. The second kappa shape index (κ2) is 10.5. The fourth-order valence-electron chi connectivity index (χ4n) is 2.32. The molecule has 0 aromatic carbocycles. The Morgan fingerprint density at radius 2 is 1.82 bits per heavy atom. The molecule has 0 saturated carbocycles. The summed E-state index contributed by atoms with van der Waals surface area (Å²) in [5.41, 5.74) is 0. The van der Waals surface area contributed by atoms with Gasteiger partial charge in [-0.25, -0.2) is 0 Å². The van der Waals surface area contributed by atoms with Crippen molar-refractivity contribution in [1.29, 1.82) is 0 Å². The minimum Gasteiger partial charge on any atom is -0.444 e. The number of rotatable bonds is 7. The Balaban J connectivity index is 0.000000770. The average Bonchev–Trinajstić information content (AvgIpc) is 2.77. The van der Waals surface area contributed by atoms with Gasteiger partial charge < -0.3 is 19.3 Å². The van der Waals surface area contributed by atoms with E-state index in [9.17, 15) is 0 Å². The minimum atomic E-state index is 0.937. The Kier molecular flexibility index (Phi) is 10.1. The summed E-state index contributed by atoms with van der Waals surface area (Å²) >= 11 is 0. The van der Waals surface area contributed by atoms with Crippen LogP contribution in [-0.4, -0.2) is 37.5 Å². The van der Waals surface area contributed by atoms with Gasteiger partial charge in [0.25, 0.3) is 0 Å². The van der Waals surface area contributed by atoms with Gasteiger partial charge in [0.1, 0.15) is 0 Å². The number of nitrogens with zero attached hydrogens (tertiary/aromatic N) is 2. The van der Waals surface area contributed by atoms with Crippen molar-refractivity contribution in [2.45, 2.75) is 46.0 Å². The van der Waals surface area contributed by atoms with E-state index in [1.54, 1.807) is 0 Å². The van der Waals surface area contributed by atoms with Crippen LogP contribution in [0, 0.1) is 10.1 Å². The van der Waals surface area contributed by atoms with Gasteiger partial charge in [0.05, 0.1) is 26.2 Å². The first-order valence-electron chi connectivity index (χ1n) is 6.62. The lowest BCUT2D eigenvalue weighted by atomic mass is 10.3. The summed E-state index contributed by atoms with van der Waals surface area (Å²) in [6, 6.07) is 0. The van der Waals surface area contributed by atoms with Crippen LogP contribution in [0.2, 0.25) is 0 Å². The van der Waals surface area contributed by atoms with E-state index in [2.05, 4.69) is 13.8 Å². The molecule has 1 aliphatic heterocycles. The number of likely N-dealkylation sites (tertiary alicyclic amines) is 1. The van der Waals surface area contributed by atoms with E-state index >= 15 is 0 Å². The summed E-state index contributed by atoms with van der Waals surface area (Å²) in [5.74, 6) is 0. The van der Waals surface area contributed by atoms with Gasteiger partial charge >= 0.3 is 0 Å². The van der Waals surface area contributed by atoms with Crippen LogP contribution >= 0.6 is 0 Å². The van der Waals surface area contributed by atoms with E-state index in [-0.39, 0.29) is 0 Å². The maximum atomic E-state index is 8.00. The van der Waals surface area contributed by atoms with Crippen LogP contribution in [0.1, 0.15) is 46.0 Å². The summed E-state index contributed by atoms with van der Waals surface area (Å²) in [6.45, 7) is 10.4. The SMILES string of the molecule is CCCC[N+]1(COCCC)CCCC1.O=N[O-]. The Bertz CT molecular complexity index is 183. The zero-order valence-electron chi connectivity index (χ0n) is 11.2. The summed E-state index contributed by atoms with van der Waals surface area (Å²) in [4.78, 5) is 8.00. The maximum absolute atomic E-state index is 8.00. The van der Waals surface area contributed by atoms with Crippen LogP contribution < -0.4 is 0 Å². The van der Waals surface area contributed by atoms with Crippen molar-refractivity contribution >= 4 is 0 Å². The van der Waals surface area contributed by atoms with Gasteiger partial charge in [0.15, 0.2) is 6.73 Å². The largest absolute Gasteiger partial charge is 0.444 e. The highest BCUT2D eigenvalue weighted by atomic mass is 16.6. The molecular weight excluding hydrogens is 220 g/mol. The van der Waals surface area contributed by atoms with E-state index < -0.39 is 0 Å². The predicted octanol–water partition coefficient (Wildman–Crippen LogP) is 3.03. The standard InChI is InChI=1S/C12H26NO.HNO2/c1-3-5-8-13(9-6-7-10-13)12-14-11-4-2;2-1-3/h3-12H2,1-2H3;(H,2,3)/q+1;/p-1. The van der Waals surface area contributed by atoms with Crippen LogP contribution in [0.15, 0.2) is 5.34 Å². The first-order chi connectivity index (χ1) is 8.24. The van der Waals surface area contributed by atoms with E-state index in [0.29, 0.717) is 0 Å². The molecule has 0 amide bonds. The molecule has 0 aromatic rings. The van der Waals surface area contributed by atoms with Crippen molar-refractivity contribution in [3.8, 4) is 0 Å². The highest BCUT2D eigenvalue weighted by molar-refractivity contribution is 4.53. The van der Waals surface area contributed by atoms with Gasteiger partial charge in [-0.1, -0.05) is 20.3 Å². The molecule has 0 N–H and O–H groups in total. The second-order valence-corrected chi connectivity index (χ2v) is 4.69. The first kappa shape index (κ1) is 16.3. The van der Waals surface area contributed by atoms with Crippen molar-refractivity contribution in [2.75, 3.05) is 33.0 Å². The molecule has 1 fully saturated rings. The van der Waals surface area contributed by atoms with Crippen molar-refractivity contribution in [2.24, 2.45) is 5.34 Å². The van der Waals surface area contributed by atoms with E-state index in [1.165, 1.54) is 49.8 Å². The first-order valence-corrected chi connectivity index (χ1v) is 6.62. The Morgan fingerprint density at radius 1 is 1.24 bits per heavy atom. The molecule has 0 unspecified atom stereocenters. The van der Waals surface area contributed by atoms with Crippen LogP contribution in [0.4, 0.5) is 0 Å². The molecule has 1 saturated heterocycles. The van der Waals surface area contributed by atoms with Gasteiger partial charge in [0.2, 0.25) is 0 Å². The summed E-state index contributed by atoms with van der Waals surface area (Å²) in [6.07, 6.45) is 6.62. The lowest BCUT2D eigenvalue weighted by molar-refractivity contribution is -0.935. The van der Waals surface area contributed by atoms with Gasteiger partial charge in [-0.15, -0.1) is 5.34 Å². The number of quaternary nitrogens is 1. The predicted molar refractivity (Wildman–Crippen MR) is 69.3 cm³/mol. The van der Waals surface area contributed by atoms with Crippen LogP contribution in [0.3, 0.4) is 0 Å². The molecule has 0 aromatic heterocycles. The minimum absolute atomic E-state index is 0.937. The molecule has 102 valence electrons. The van der Waals surface area contributed by atoms with Crippen molar-refractivity contribution in [1.82, 2.24) is 0 Å². The third kappa shape index (κ3) is 7.28. The molecule has 5 heteroatoms. The fraction of sp³-hybridized carbons (Fsp3) is 1.00. The Hall–Kier alpha value is -0.680. The van der Waals surface area contributed by atoms with Crippen molar-refractivity contribution in [3.63, 3.8) is 0 Å². The zero-order valence-corrected chi connectivity index (χ0v) is 11.2. The molecule has 0 atom stereocenters. The summed E-state index contributed by atoms with van der Waals surface area (Å²) < 4.78 is 6.98. The topological polar surface area (TPSA) is 61.7 Å². The normalized spacial score (nSPS) is 17.3. The molecular formula is C12H26N2O3. The third-order valence-electron chi connectivity index (χ3n) is 3.21. The molecule has 5 nitrogen and oxygen atoms in total. The molecule has 1 aliphatic rings. The maximum Gasteiger partial charge on any atom is 0.183 e. The molecule has 0 bridgehead atoms. The fourth-order valence-corrected chi connectivity index (χ4v) is 2.32. The molecule has 0 radical (unpaired) electrons. The van der Waals surface area contributed by atoms with Crippen molar-refractivity contribution in [3.05, 3.63) is 10.1 Å². The highest BCUT2D eigenvalue weighted by Gasteiger charge is 2.31. The highest BCUT2D eigenvalue weighted by Crippen LogP contribution is 2.20. The molecule has 17 heavy (non-hydrogen) atoms.